The molecule has 4 nitrogen and oxygen atoms in total. The largest absolute Gasteiger partial charge is 0.374 e. The molecule has 96 heavy (non-hydrogen) atoms. The van der Waals surface area contributed by atoms with Gasteiger partial charge in [0.2, 0.25) is 0 Å². The lowest BCUT2D eigenvalue weighted by molar-refractivity contribution is 0.590. The van der Waals surface area contributed by atoms with E-state index >= 15 is 0 Å². The van der Waals surface area contributed by atoms with Crippen molar-refractivity contribution in [2.75, 3.05) is 9.80 Å². The van der Waals surface area contributed by atoms with Gasteiger partial charge < -0.3 is 18.8 Å². The topological polar surface area (TPSA) is 16.3 Å². The maximum absolute atomic E-state index is 2.80. The molecule has 0 saturated heterocycles. The third kappa shape index (κ3) is 8.76. The van der Waals surface area contributed by atoms with Crippen molar-refractivity contribution in [1.82, 2.24) is 8.96 Å². The lowest BCUT2D eigenvalue weighted by Gasteiger charge is -2.41. The maximum Gasteiger partial charge on any atom is 0.333 e. The van der Waals surface area contributed by atoms with Crippen molar-refractivity contribution in [1.29, 1.82) is 0 Å². The molecule has 464 valence electrons. The zero-order valence-electron chi connectivity index (χ0n) is 57.2. The highest BCUT2D eigenvalue weighted by Gasteiger charge is 2.48. The van der Waals surface area contributed by atoms with Crippen LogP contribution in [0.1, 0.15) is 105 Å². The third-order valence-electron chi connectivity index (χ3n) is 21.7. The van der Waals surface area contributed by atoms with Gasteiger partial charge >= 0.3 is 13.7 Å². The quantitative estimate of drug-likeness (QED) is 0.154. The molecule has 18 rings (SSSR count). The molecule has 6 heterocycles. The number of rotatable bonds is 6. The van der Waals surface area contributed by atoms with E-state index in [1.807, 2.05) is 0 Å². The smallest absolute Gasteiger partial charge is 0.333 e. The van der Waals surface area contributed by atoms with Crippen LogP contribution in [0.5, 0.6) is 0 Å². The minimum Gasteiger partial charge on any atom is -0.374 e. The summed E-state index contributed by atoms with van der Waals surface area (Å²) in [6.45, 7) is 27.2. The van der Waals surface area contributed by atoms with Crippen LogP contribution in [0, 0.1) is 0 Å². The summed E-state index contributed by atoms with van der Waals surface area (Å²) in [5.41, 5.74) is 37.7. The Morgan fingerprint density at radius 3 is 0.865 bits per heavy atom. The minimum atomic E-state index is -0.150. The average Bonchev–Trinajstić information content (AvgIpc) is 1.47. The summed E-state index contributed by atoms with van der Waals surface area (Å²) in [5, 5.41) is 2.55. The van der Waals surface area contributed by atoms with Gasteiger partial charge in [-0.3, -0.25) is 0 Å². The van der Waals surface area contributed by atoms with Crippen LogP contribution < -0.4 is 31.7 Å². The molecule has 2 aromatic heterocycles. The molecule has 4 aliphatic heterocycles. The fraction of sp³-hybridized carbons (Fsp3) is 0.178. The van der Waals surface area contributed by atoms with Crippen molar-refractivity contribution >= 4 is 103 Å². The van der Waals surface area contributed by atoms with E-state index in [0.717, 1.165) is 11.4 Å². The number of hydrogen-bond acceptors (Lipinski definition) is 2. The van der Waals surface area contributed by atoms with Gasteiger partial charge in [-0.25, -0.2) is 0 Å². The highest BCUT2D eigenvalue weighted by Crippen LogP contribution is 2.52. The second-order valence-electron chi connectivity index (χ2n) is 31.8. The Labute approximate surface area is 566 Å². The lowest BCUT2D eigenvalue weighted by Crippen LogP contribution is -2.56. The predicted octanol–water partition coefficient (Wildman–Crippen LogP) is 21.4. The number of para-hydroxylation sites is 2. The molecule has 0 bridgehead atoms. The fourth-order valence-electron chi connectivity index (χ4n) is 16.7. The monoisotopic (exact) mass is 1240 g/mol. The average molecular weight is 1240 g/mol. The van der Waals surface area contributed by atoms with Crippen molar-refractivity contribution in [2.45, 2.75) is 105 Å². The fourth-order valence-corrected chi connectivity index (χ4v) is 16.7. The van der Waals surface area contributed by atoms with Crippen molar-refractivity contribution in [3.05, 3.63) is 277 Å². The first kappa shape index (κ1) is 58.3. The molecule has 0 atom stereocenters. The highest BCUT2D eigenvalue weighted by molar-refractivity contribution is 6.92. The Morgan fingerprint density at radius 2 is 0.531 bits per heavy atom. The molecule has 12 aromatic carbocycles. The van der Waals surface area contributed by atoms with Gasteiger partial charge in [-0.05, 0) is 170 Å². The Morgan fingerprint density at radius 1 is 0.240 bits per heavy atom. The van der Waals surface area contributed by atoms with Gasteiger partial charge in [0.25, 0.3) is 0 Å². The van der Waals surface area contributed by atoms with Crippen molar-refractivity contribution < 1.29 is 0 Å². The van der Waals surface area contributed by atoms with E-state index in [0.29, 0.717) is 0 Å². The van der Waals surface area contributed by atoms with Crippen LogP contribution in [-0.4, -0.2) is 22.7 Å². The van der Waals surface area contributed by atoms with Crippen molar-refractivity contribution in [3.8, 4) is 66.8 Å². The van der Waals surface area contributed by atoms with Crippen molar-refractivity contribution in [2.24, 2.45) is 0 Å². The van der Waals surface area contributed by atoms with Crippen LogP contribution in [0.25, 0.3) is 99.6 Å². The molecule has 0 spiro atoms. The summed E-state index contributed by atoms with van der Waals surface area (Å²) < 4.78 is 5.60. The summed E-state index contributed by atoms with van der Waals surface area (Å²) in [6.07, 6.45) is 0. The first-order valence-electron chi connectivity index (χ1n) is 34.5. The van der Waals surface area contributed by atoms with Gasteiger partial charge in [-0.15, -0.1) is 0 Å². The van der Waals surface area contributed by atoms with E-state index in [1.54, 1.807) is 0 Å². The van der Waals surface area contributed by atoms with Gasteiger partial charge in [0.05, 0.1) is 11.0 Å². The molecule has 0 saturated carbocycles. The van der Waals surface area contributed by atoms with Crippen LogP contribution in [0.2, 0.25) is 0 Å². The van der Waals surface area contributed by atoms with E-state index in [-0.39, 0.29) is 35.4 Å². The summed E-state index contributed by atoms with van der Waals surface area (Å²) in [6, 6.07) is 98.8. The molecular formula is C90H78B2N4. The van der Waals surface area contributed by atoms with Gasteiger partial charge in [-0.1, -0.05) is 289 Å². The van der Waals surface area contributed by atoms with Crippen molar-refractivity contribution in [3.63, 3.8) is 0 Å². The summed E-state index contributed by atoms with van der Waals surface area (Å²) >= 11 is 0. The number of hydrogen-bond donors (Lipinski definition) is 0. The van der Waals surface area contributed by atoms with Crippen LogP contribution in [-0.2, 0) is 21.7 Å². The molecule has 6 heteroatoms. The van der Waals surface area contributed by atoms with Crippen LogP contribution in [0.4, 0.5) is 34.1 Å². The van der Waals surface area contributed by atoms with E-state index in [2.05, 4.69) is 357 Å². The third-order valence-corrected chi connectivity index (χ3v) is 21.7. The Hall–Kier alpha value is -10.3. The number of benzene rings is 12. The van der Waals surface area contributed by atoms with Crippen LogP contribution >= 0.6 is 0 Å². The predicted molar refractivity (Wildman–Crippen MR) is 413 cm³/mol. The van der Waals surface area contributed by atoms with Gasteiger partial charge in [0.1, 0.15) is 0 Å². The van der Waals surface area contributed by atoms with Gasteiger partial charge in [0.15, 0.2) is 0 Å². The van der Waals surface area contributed by atoms with E-state index in [1.165, 1.54) is 166 Å². The van der Waals surface area contributed by atoms with Crippen LogP contribution in [0.15, 0.2) is 255 Å². The van der Waals surface area contributed by atoms with Gasteiger partial charge in [0, 0.05) is 67.1 Å². The van der Waals surface area contributed by atoms with E-state index in [4.69, 9.17) is 0 Å². The van der Waals surface area contributed by atoms with E-state index < -0.39 is 0 Å². The van der Waals surface area contributed by atoms with E-state index in [9.17, 15) is 0 Å². The zero-order chi connectivity index (χ0) is 65.6. The van der Waals surface area contributed by atoms with Crippen LogP contribution in [0.3, 0.4) is 0 Å². The Balaban J connectivity index is 0.873. The molecule has 4 aliphatic rings. The molecule has 14 aromatic rings. The Kier molecular flexibility index (Phi) is 12.5. The first-order valence-corrected chi connectivity index (χ1v) is 34.5. The first-order chi connectivity index (χ1) is 46.2. The molecular weight excluding hydrogens is 1160 g/mol. The number of aromatic nitrogens is 2. The summed E-state index contributed by atoms with van der Waals surface area (Å²) in [7, 11) is 0. The molecule has 0 amide bonds. The maximum atomic E-state index is 2.80. The number of anilines is 6. The molecule has 0 unspecified atom stereocenters. The summed E-state index contributed by atoms with van der Waals surface area (Å²) in [4.78, 5) is 5.17. The highest BCUT2D eigenvalue weighted by atomic mass is 15.2. The Bertz CT molecular complexity index is 5210. The number of nitrogens with zero attached hydrogens (tertiary/aromatic N) is 4. The second kappa shape index (κ2) is 20.6. The SMILES string of the molecule is CC(C)(C)c1ccc(-c2cccc(N3c4cc(-c5ccc(C(C)(C)C)cc5)ccc4B4c5c(cccc53)-c3cccc5c3n4c3c4cccc6c4n(c53)B3c4ccc(-c5ccc(C(C)(C)C)cc5)cc4N(c4cccc(-c5ccc(C(C)(C)C)cc5)c4)c4cccc-6c43)c2)cc1. The number of fused-ring (bicyclic) bond motifs is 13. The minimum absolute atomic E-state index is 0.0419. The molecule has 0 radical (unpaired) electrons. The molecule has 0 fully saturated rings. The zero-order valence-corrected chi connectivity index (χ0v) is 57.2. The second-order valence-corrected chi connectivity index (χ2v) is 31.8. The standard InChI is InChI=1S/C90H78B2N4/c1-87(2,3)63-41-31-55(32-42-63)59-19-13-21-67(51-59)93-77-29-17-23-69-71-25-15-27-73-83(71)95(91(81(69)77)75-49-39-61(53-79(75)93)57-35-45-65(46-36-57)89(7,8)9)85-74-28-16-26-72-70-24-18-30-78-82(70)92(96(84(72)74)86(73)85)76-50-40-62(58-37-47-66(48-38-58)90(10,11)12)54-80(76)94(78)68-22-14-20-60(52-68)56-33-43-64(44-34-56)88(4,5)6/h13-54H,1-12H3. The summed E-state index contributed by atoms with van der Waals surface area (Å²) in [5.74, 6) is 0. The molecule has 0 aliphatic carbocycles. The lowest BCUT2D eigenvalue weighted by atomic mass is 9.45. The normalized spacial score (nSPS) is 13.8. The van der Waals surface area contributed by atoms with Gasteiger partial charge in [-0.2, -0.15) is 0 Å². The molecule has 0 N–H and O–H groups in total.